The second kappa shape index (κ2) is 3.72. The van der Waals surface area contributed by atoms with Gasteiger partial charge in [-0.1, -0.05) is 24.5 Å². The molecular weight excluding hydrogens is 139 g/mol. The molecule has 0 aliphatic heterocycles. The minimum Gasteiger partial charge on any atom is -0.126 e. The van der Waals surface area contributed by atoms with E-state index in [0.717, 1.165) is 11.2 Å². The van der Waals surface area contributed by atoms with Crippen molar-refractivity contribution in [1.29, 1.82) is 0 Å². The Morgan fingerprint density at radius 1 is 1.30 bits per heavy atom. The van der Waals surface area contributed by atoms with Crippen molar-refractivity contribution in [3.63, 3.8) is 0 Å². The lowest BCUT2D eigenvalue weighted by atomic mass is 9.97. The minimum atomic E-state index is 0.834. The maximum atomic E-state index is 5.51. The first kappa shape index (κ1) is 7.74. The van der Waals surface area contributed by atoms with Crippen LogP contribution in [0.2, 0.25) is 0 Å². The average Bonchev–Trinajstić information content (AvgIpc) is 1.95. The van der Waals surface area contributed by atoms with Crippen LogP contribution in [0.4, 0.5) is 0 Å². The van der Waals surface area contributed by atoms with Gasteiger partial charge in [-0.25, -0.2) is 0 Å². The van der Waals surface area contributed by atoms with E-state index < -0.39 is 0 Å². The topological polar surface area (TPSA) is 0 Å². The molecule has 0 saturated carbocycles. The molecule has 0 bridgehead atoms. The third kappa shape index (κ3) is 2.11. The van der Waals surface area contributed by atoms with E-state index in [1.165, 1.54) is 4.90 Å². The van der Waals surface area contributed by atoms with Crippen molar-refractivity contribution < 1.29 is 0 Å². The van der Waals surface area contributed by atoms with E-state index in [1.807, 2.05) is 36.0 Å². The molecule has 0 aliphatic carbocycles. The number of thioether (sulfide) groups is 1. The van der Waals surface area contributed by atoms with Crippen LogP contribution in [0.5, 0.6) is 0 Å². The summed E-state index contributed by atoms with van der Waals surface area (Å²) in [5.74, 6) is 1.11. The molecule has 1 aromatic carbocycles. The number of benzene rings is 1. The average molecular weight is 148 g/mol. The maximum Gasteiger partial charge on any atom is 0.113 e. The summed E-state index contributed by atoms with van der Waals surface area (Å²) < 4.78 is 0. The molecule has 2 heteroatoms. The van der Waals surface area contributed by atoms with Crippen molar-refractivity contribution in [2.45, 2.75) is 11.8 Å². The van der Waals surface area contributed by atoms with Crippen molar-refractivity contribution in [3.8, 4) is 0 Å². The lowest BCUT2D eigenvalue weighted by molar-refractivity contribution is 1.44. The van der Waals surface area contributed by atoms with Crippen LogP contribution in [0.25, 0.3) is 0 Å². The first-order valence-corrected chi connectivity index (χ1v) is 4.30. The Hall–Kier alpha value is -0.365. The molecule has 1 aromatic rings. The van der Waals surface area contributed by atoms with Crippen LogP contribution in [0.15, 0.2) is 29.2 Å². The van der Waals surface area contributed by atoms with Gasteiger partial charge >= 0.3 is 0 Å². The molecule has 0 amide bonds. The third-order valence-electron chi connectivity index (χ3n) is 1.19. The van der Waals surface area contributed by atoms with Gasteiger partial charge in [-0.05, 0) is 17.9 Å². The van der Waals surface area contributed by atoms with Gasteiger partial charge in [0, 0.05) is 4.90 Å². The highest BCUT2D eigenvalue weighted by Gasteiger charge is 1.88. The molecule has 0 nitrogen and oxygen atoms in total. The van der Waals surface area contributed by atoms with Crippen molar-refractivity contribution in [1.82, 2.24) is 0 Å². The Labute approximate surface area is 67.4 Å². The summed E-state index contributed by atoms with van der Waals surface area (Å²) >= 11 is 1.83. The molecule has 0 heterocycles. The second-order valence-electron chi connectivity index (χ2n) is 2.00. The highest BCUT2D eigenvalue weighted by molar-refractivity contribution is 7.99. The van der Waals surface area contributed by atoms with Gasteiger partial charge in [-0.15, -0.1) is 11.8 Å². The van der Waals surface area contributed by atoms with E-state index >= 15 is 0 Å². The maximum absolute atomic E-state index is 5.51. The standard InChI is InChI=1S/C8H9BS/c1-2-10-8-5-3-7(9)4-6-8/h3-6H,2H2,1H3. The fraction of sp³-hybridized carbons (Fsp3) is 0.250. The van der Waals surface area contributed by atoms with Crippen LogP contribution in [0, 0.1) is 0 Å². The van der Waals surface area contributed by atoms with E-state index in [4.69, 9.17) is 7.85 Å². The molecule has 0 spiro atoms. The van der Waals surface area contributed by atoms with Crippen molar-refractivity contribution >= 4 is 25.1 Å². The van der Waals surface area contributed by atoms with E-state index in [9.17, 15) is 0 Å². The molecule has 2 radical (unpaired) electrons. The van der Waals surface area contributed by atoms with Gasteiger partial charge in [0.05, 0.1) is 0 Å². The lowest BCUT2D eigenvalue weighted by Gasteiger charge is -1.97. The molecule has 50 valence electrons. The van der Waals surface area contributed by atoms with Crippen molar-refractivity contribution in [2.24, 2.45) is 0 Å². The zero-order chi connectivity index (χ0) is 7.40. The summed E-state index contributed by atoms with van der Waals surface area (Å²) in [7, 11) is 5.51. The first-order valence-electron chi connectivity index (χ1n) is 3.31. The Morgan fingerprint density at radius 2 is 1.90 bits per heavy atom. The Kier molecular flexibility index (Phi) is 2.88. The zero-order valence-corrected chi connectivity index (χ0v) is 6.82. The fourth-order valence-electron chi connectivity index (χ4n) is 0.731. The lowest BCUT2D eigenvalue weighted by Crippen LogP contribution is -1.98. The summed E-state index contributed by atoms with van der Waals surface area (Å²) in [4.78, 5) is 1.29. The smallest absolute Gasteiger partial charge is 0.113 e. The molecule has 0 saturated heterocycles. The minimum absolute atomic E-state index is 0.834. The summed E-state index contributed by atoms with van der Waals surface area (Å²) in [6, 6.07) is 7.95. The van der Waals surface area contributed by atoms with Gasteiger partial charge < -0.3 is 0 Å². The second-order valence-corrected chi connectivity index (χ2v) is 3.34. The van der Waals surface area contributed by atoms with Crippen molar-refractivity contribution in [2.75, 3.05) is 5.75 Å². The van der Waals surface area contributed by atoms with Gasteiger partial charge in [0.15, 0.2) is 0 Å². The van der Waals surface area contributed by atoms with Crippen LogP contribution in [0.1, 0.15) is 6.92 Å². The molecule has 0 aromatic heterocycles. The predicted octanol–water partition coefficient (Wildman–Crippen LogP) is 1.59. The van der Waals surface area contributed by atoms with Gasteiger partial charge in [-0.3, -0.25) is 0 Å². The Bertz CT molecular complexity index is 193. The SMILES string of the molecule is [B]c1ccc(SCC)cc1. The monoisotopic (exact) mass is 148 g/mol. The van der Waals surface area contributed by atoms with Crippen LogP contribution in [-0.4, -0.2) is 13.6 Å². The molecule has 0 atom stereocenters. The fourth-order valence-corrected chi connectivity index (χ4v) is 1.39. The molecule has 1 rings (SSSR count). The quantitative estimate of drug-likeness (QED) is 0.453. The summed E-state index contributed by atoms with van der Waals surface area (Å²) in [5.41, 5.74) is 0.834. The van der Waals surface area contributed by atoms with Gasteiger partial charge in [-0.2, -0.15) is 0 Å². The van der Waals surface area contributed by atoms with E-state index in [0.29, 0.717) is 0 Å². The highest BCUT2D eigenvalue weighted by Crippen LogP contribution is 2.14. The van der Waals surface area contributed by atoms with E-state index in [2.05, 4.69) is 6.92 Å². The summed E-state index contributed by atoms with van der Waals surface area (Å²) in [6.07, 6.45) is 0. The number of hydrogen-bond acceptors (Lipinski definition) is 1. The molecular formula is C8H9BS. The highest BCUT2D eigenvalue weighted by atomic mass is 32.2. The normalized spacial score (nSPS) is 9.70. The summed E-state index contributed by atoms with van der Waals surface area (Å²) in [5, 5.41) is 0. The number of hydrogen-bond donors (Lipinski definition) is 0. The van der Waals surface area contributed by atoms with Crippen molar-refractivity contribution in [3.05, 3.63) is 24.3 Å². The van der Waals surface area contributed by atoms with E-state index in [1.54, 1.807) is 0 Å². The van der Waals surface area contributed by atoms with Gasteiger partial charge in [0.2, 0.25) is 0 Å². The van der Waals surface area contributed by atoms with Gasteiger partial charge in [0.25, 0.3) is 0 Å². The van der Waals surface area contributed by atoms with Crippen LogP contribution in [0.3, 0.4) is 0 Å². The molecule has 0 fully saturated rings. The third-order valence-corrected chi connectivity index (χ3v) is 2.09. The molecule has 0 N–H and O–H groups in total. The first-order chi connectivity index (χ1) is 4.83. The molecule has 0 aliphatic rings. The van der Waals surface area contributed by atoms with Crippen LogP contribution >= 0.6 is 11.8 Å². The van der Waals surface area contributed by atoms with Crippen LogP contribution in [-0.2, 0) is 0 Å². The largest absolute Gasteiger partial charge is 0.126 e. The number of rotatable bonds is 2. The predicted molar refractivity (Wildman–Crippen MR) is 48.2 cm³/mol. The Morgan fingerprint density at radius 3 is 2.40 bits per heavy atom. The van der Waals surface area contributed by atoms with Crippen LogP contribution < -0.4 is 5.46 Å². The molecule has 10 heavy (non-hydrogen) atoms. The molecule has 0 unspecified atom stereocenters. The van der Waals surface area contributed by atoms with Gasteiger partial charge in [0.1, 0.15) is 7.85 Å². The summed E-state index contributed by atoms with van der Waals surface area (Å²) in [6.45, 7) is 2.14. The van der Waals surface area contributed by atoms with E-state index in [-0.39, 0.29) is 0 Å². The zero-order valence-electron chi connectivity index (χ0n) is 6.00. The Balaban J connectivity index is 2.69.